The third-order valence-corrected chi connectivity index (χ3v) is 3.03. The molecule has 2 aromatic carbocycles. The Morgan fingerprint density at radius 1 is 1.10 bits per heavy atom. The molecular formula is C15H12ClNO4. The van der Waals surface area contributed by atoms with Crippen molar-refractivity contribution in [3.05, 3.63) is 59.1 Å². The van der Waals surface area contributed by atoms with Crippen LogP contribution in [0.1, 0.15) is 10.4 Å². The highest BCUT2D eigenvalue weighted by Gasteiger charge is 2.23. The number of aromatic hydroxyl groups is 1. The minimum absolute atomic E-state index is 0.0485. The van der Waals surface area contributed by atoms with Gasteiger partial charge in [-0.25, -0.2) is 0 Å². The molecule has 108 valence electrons. The number of carbonyl (C=O) groups is 2. The van der Waals surface area contributed by atoms with Crippen molar-refractivity contribution in [3.63, 3.8) is 0 Å². The molecule has 0 aliphatic rings. The zero-order valence-corrected chi connectivity index (χ0v) is 11.6. The monoisotopic (exact) mass is 305 g/mol. The first kappa shape index (κ1) is 14.9. The van der Waals surface area contributed by atoms with Crippen LogP contribution in [-0.2, 0) is 4.79 Å². The first-order valence-corrected chi connectivity index (χ1v) is 6.44. The molecule has 0 saturated carbocycles. The second-order valence-electron chi connectivity index (χ2n) is 4.28. The van der Waals surface area contributed by atoms with E-state index in [1.54, 1.807) is 30.3 Å². The number of amides is 1. The number of carboxylic acids is 1. The number of hydrogen-bond acceptors (Lipinski definition) is 3. The van der Waals surface area contributed by atoms with Crippen LogP contribution in [0.25, 0.3) is 0 Å². The van der Waals surface area contributed by atoms with Crippen LogP contribution in [0.2, 0.25) is 5.02 Å². The van der Waals surface area contributed by atoms with Gasteiger partial charge in [0.1, 0.15) is 12.3 Å². The zero-order valence-electron chi connectivity index (χ0n) is 10.9. The van der Waals surface area contributed by atoms with E-state index >= 15 is 0 Å². The van der Waals surface area contributed by atoms with Gasteiger partial charge in [0, 0.05) is 10.7 Å². The Bertz CT molecular complexity index is 673. The quantitative estimate of drug-likeness (QED) is 0.910. The molecule has 0 radical (unpaired) electrons. The number of phenols is 1. The molecule has 2 N–H and O–H groups in total. The summed E-state index contributed by atoms with van der Waals surface area (Å²) in [7, 11) is 0. The number of hydrogen-bond donors (Lipinski definition) is 2. The Hall–Kier alpha value is -2.53. The van der Waals surface area contributed by atoms with Gasteiger partial charge in [0.15, 0.2) is 0 Å². The molecule has 0 spiro atoms. The Morgan fingerprint density at radius 2 is 1.76 bits per heavy atom. The Balaban J connectivity index is 2.43. The Labute approximate surface area is 126 Å². The highest BCUT2D eigenvalue weighted by molar-refractivity contribution is 6.31. The summed E-state index contributed by atoms with van der Waals surface area (Å²) in [6.07, 6.45) is 0. The van der Waals surface area contributed by atoms with E-state index in [-0.39, 0.29) is 16.3 Å². The van der Waals surface area contributed by atoms with E-state index in [1.165, 1.54) is 18.2 Å². The Morgan fingerprint density at radius 3 is 2.38 bits per heavy atom. The average Bonchev–Trinajstić information content (AvgIpc) is 2.47. The van der Waals surface area contributed by atoms with Gasteiger partial charge in [-0.1, -0.05) is 29.8 Å². The van der Waals surface area contributed by atoms with Crippen molar-refractivity contribution in [2.45, 2.75) is 0 Å². The molecule has 2 rings (SSSR count). The van der Waals surface area contributed by atoms with Crippen molar-refractivity contribution in [3.8, 4) is 5.75 Å². The Kier molecular flexibility index (Phi) is 4.45. The van der Waals surface area contributed by atoms with E-state index < -0.39 is 18.4 Å². The maximum atomic E-state index is 12.5. The minimum atomic E-state index is -1.16. The zero-order chi connectivity index (χ0) is 15.4. The molecule has 5 nitrogen and oxygen atoms in total. The summed E-state index contributed by atoms with van der Waals surface area (Å²) < 4.78 is 0. The van der Waals surface area contributed by atoms with Gasteiger partial charge in [-0.3, -0.25) is 14.5 Å². The van der Waals surface area contributed by atoms with Gasteiger partial charge in [-0.15, -0.1) is 0 Å². The van der Waals surface area contributed by atoms with Crippen molar-refractivity contribution in [1.29, 1.82) is 0 Å². The van der Waals surface area contributed by atoms with Gasteiger partial charge >= 0.3 is 5.97 Å². The minimum Gasteiger partial charge on any atom is -0.507 e. The molecule has 0 aliphatic carbocycles. The number of nitrogens with zero attached hydrogens (tertiary/aromatic N) is 1. The molecule has 0 heterocycles. The fraction of sp³-hybridized carbons (Fsp3) is 0.0667. The van der Waals surface area contributed by atoms with Crippen molar-refractivity contribution in [2.75, 3.05) is 11.4 Å². The normalized spacial score (nSPS) is 10.1. The smallest absolute Gasteiger partial charge is 0.323 e. The predicted octanol–water partition coefficient (Wildman–Crippen LogP) is 2.78. The molecule has 21 heavy (non-hydrogen) atoms. The number of aliphatic carboxylic acids is 1. The van der Waals surface area contributed by atoms with Crippen LogP contribution in [0.15, 0.2) is 48.5 Å². The van der Waals surface area contributed by atoms with E-state index in [4.69, 9.17) is 16.7 Å². The fourth-order valence-corrected chi connectivity index (χ4v) is 2.02. The van der Waals surface area contributed by atoms with Crippen LogP contribution in [-0.4, -0.2) is 28.6 Å². The second-order valence-corrected chi connectivity index (χ2v) is 4.72. The molecular weight excluding hydrogens is 294 g/mol. The van der Waals surface area contributed by atoms with Gasteiger partial charge in [-0.05, 0) is 30.3 Å². The first-order valence-electron chi connectivity index (χ1n) is 6.06. The van der Waals surface area contributed by atoms with Crippen LogP contribution in [0.5, 0.6) is 5.75 Å². The number of rotatable bonds is 4. The number of carbonyl (C=O) groups excluding carboxylic acids is 1. The molecule has 1 amide bonds. The van der Waals surface area contributed by atoms with Crippen molar-refractivity contribution in [2.24, 2.45) is 0 Å². The molecule has 0 unspecified atom stereocenters. The van der Waals surface area contributed by atoms with Crippen molar-refractivity contribution >= 4 is 29.2 Å². The first-order chi connectivity index (χ1) is 9.99. The fourth-order valence-electron chi connectivity index (χ4n) is 1.85. The summed E-state index contributed by atoms with van der Waals surface area (Å²) in [6, 6.07) is 12.4. The lowest BCUT2D eigenvalue weighted by molar-refractivity contribution is -0.135. The molecule has 0 bridgehead atoms. The predicted molar refractivity (Wildman–Crippen MR) is 78.9 cm³/mol. The second kappa shape index (κ2) is 6.28. The number of carboxylic acid groups (broad SMARTS) is 1. The molecule has 0 aliphatic heterocycles. The lowest BCUT2D eigenvalue weighted by Crippen LogP contribution is -2.35. The van der Waals surface area contributed by atoms with E-state index in [1.807, 2.05) is 0 Å². The van der Waals surface area contributed by atoms with Crippen LogP contribution in [0, 0.1) is 0 Å². The van der Waals surface area contributed by atoms with Crippen LogP contribution in [0.3, 0.4) is 0 Å². The van der Waals surface area contributed by atoms with Gasteiger partial charge < -0.3 is 10.2 Å². The number of para-hydroxylation sites is 1. The van der Waals surface area contributed by atoms with E-state index in [0.29, 0.717) is 5.69 Å². The largest absolute Gasteiger partial charge is 0.507 e. The van der Waals surface area contributed by atoms with E-state index in [2.05, 4.69) is 0 Å². The maximum absolute atomic E-state index is 12.5. The third-order valence-electron chi connectivity index (χ3n) is 2.80. The van der Waals surface area contributed by atoms with Crippen LogP contribution >= 0.6 is 11.6 Å². The lowest BCUT2D eigenvalue weighted by atomic mass is 10.1. The summed E-state index contributed by atoms with van der Waals surface area (Å²) in [6.45, 7) is -0.519. The SMILES string of the molecule is O=C(O)CN(C(=O)c1cc(Cl)ccc1O)c1ccccc1. The van der Waals surface area contributed by atoms with Crippen molar-refractivity contribution in [1.82, 2.24) is 0 Å². The molecule has 0 atom stereocenters. The summed E-state index contributed by atoms with van der Waals surface area (Å²) in [4.78, 5) is 24.5. The average molecular weight is 306 g/mol. The highest BCUT2D eigenvalue weighted by Crippen LogP contribution is 2.25. The van der Waals surface area contributed by atoms with Crippen LogP contribution < -0.4 is 4.90 Å². The molecule has 0 fully saturated rings. The van der Waals surface area contributed by atoms with E-state index in [9.17, 15) is 14.7 Å². The molecule has 0 aromatic heterocycles. The molecule has 2 aromatic rings. The summed E-state index contributed by atoms with van der Waals surface area (Å²) >= 11 is 5.82. The standard InChI is InChI=1S/C15H12ClNO4/c16-10-6-7-13(18)12(8-10)15(21)17(9-14(19)20)11-4-2-1-3-5-11/h1-8,18H,9H2,(H,19,20). The number of phenolic OH excluding ortho intramolecular Hbond substituents is 1. The lowest BCUT2D eigenvalue weighted by Gasteiger charge is -2.21. The van der Waals surface area contributed by atoms with Gasteiger partial charge in [0.2, 0.25) is 0 Å². The topological polar surface area (TPSA) is 77.8 Å². The number of anilines is 1. The highest BCUT2D eigenvalue weighted by atomic mass is 35.5. The molecule has 0 saturated heterocycles. The summed E-state index contributed by atoms with van der Waals surface area (Å²) in [5.74, 6) is -2.05. The van der Waals surface area contributed by atoms with Gasteiger partial charge in [-0.2, -0.15) is 0 Å². The van der Waals surface area contributed by atoms with Crippen LogP contribution in [0.4, 0.5) is 5.69 Å². The number of halogens is 1. The summed E-state index contributed by atoms with van der Waals surface area (Å²) in [5, 5.41) is 19.0. The van der Waals surface area contributed by atoms with E-state index in [0.717, 1.165) is 4.90 Å². The van der Waals surface area contributed by atoms with Crippen molar-refractivity contribution < 1.29 is 19.8 Å². The molecule has 6 heteroatoms. The third kappa shape index (κ3) is 3.52. The number of benzene rings is 2. The maximum Gasteiger partial charge on any atom is 0.323 e. The summed E-state index contributed by atoms with van der Waals surface area (Å²) in [5.41, 5.74) is 0.372. The van der Waals surface area contributed by atoms with Gasteiger partial charge in [0.25, 0.3) is 5.91 Å². The van der Waals surface area contributed by atoms with Gasteiger partial charge in [0.05, 0.1) is 5.56 Å².